The largest absolute Gasteiger partial charge is 0.352 e. The molecule has 1 aromatic rings. The van der Waals surface area contributed by atoms with Crippen molar-refractivity contribution in [3.63, 3.8) is 0 Å². The number of carbonyl (C=O) groups excluding carboxylic acids is 1. The smallest absolute Gasteiger partial charge is 0.230 e. The van der Waals surface area contributed by atoms with Gasteiger partial charge in [0.25, 0.3) is 0 Å². The van der Waals surface area contributed by atoms with E-state index < -0.39 is 0 Å². The Bertz CT molecular complexity index is 509. The van der Waals surface area contributed by atoms with Gasteiger partial charge >= 0.3 is 0 Å². The fourth-order valence-corrected chi connectivity index (χ4v) is 4.07. The summed E-state index contributed by atoms with van der Waals surface area (Å²) >= 11 is 13.5. The molecule has 0 radical (unpaired) electrons. The third-order valence-corrected chi connectivity index (χ3v) is 6.04. The van der Waals surface area contributed by atoms with E-state index >= 15 is 0 Å². The van der Waals surface area contributed by atoms with E-state index in [0.717, 1.165) is 11.3 Å². The summed E-state index contributed by atoms with van der Waals surface area (Å²) in [7, 11) is 0. The van der Waals surface area contributed by atoms with Gasteiger partial charge in [-0.15, -0.1) is 11.8 Å². The number of nitrogens with one attached hydrogen (secondary N) is 1. The van der Waals surface area contributed by atoms with Gasteiger partial charge in [-0.1, -0.05) is 49.9 Å². The molecule has 2 rings (SSSR count). The standard InChI is InChI=1S/C16H21Cl2NOS/c1-10-4-3-5-14(11(10)2)19-16(20)9-21-15-8-12(17)6-7-13(15)18/h6-8,10-11,14H,3-5,9H2,1-2H3,(H,19,20)/t10-,11-,14-/m1/s1. The summed E-state index contributed by atoms with van der Waals surface area (Å²) in [6, 6.07) is 5.61. The summed E-state index contributed by atoms with van der Waals surface area (Å²) in [5, 5.41) is 4.44. The Kier molecular flexibility index (Phi) is 6.27. The highest BCUT2D eigenvalue weighted by molar-refractivity contribution is 8.00. The van der Waals surface area contributed by atoms with Crippen LogP contribution in [0, 0.1) is 11.8 Å². The molecule has 0 aliphatic heterocycles. The van der Waals surface area contributed by atoms with Crippen LogP contribution in [0.15, 0.2) is 23.1 Å². The van der Waals surface area contributed by atoms with Crippen molar-refractivity contribution in [2.45, 2.75) is 44.0 Å². The molecule has 0 saturated heterocycles. The Morgan fingerprint density at radius 3 is 2.86 bits per heavy atom. The van der Waals surface area contributed by atoms with E-state index in [4.69, 9.17) is 23.2 Å². The Morgan fingerprint density at radius 1 is 1.33 bits per heavy atom. The number of halogens is 2. The van der Waals surface area contributed by atoms with Crippen molar-refractivity contribution < 1.29 is 4.79 Å². The zero-order chi connectivity index (χ0) is 15.4. The minimum atomic E-state index is 0.0713. The summed E-state index contributed by atoms with van der Waals surface area (Å²) in [5.74, 6) is 1.67. The molecule has 0 bridgehead atoms. The predicted octanol–water partition coefficient (Wildman–Crippen LogP) is 5.03. The molecular formula is C16H21Cl2NOS. The highest BCUT2D eigenvalue weighted by Crippen LogP contribution is 2.31. The molecule has 1 fully saturated rings. The normalized spacial score (nSPS) is 25.6. The summed E-state index contributed by atoms with van der Waals surface area (Å²) in [4.78, 5) is 13.0. The second-order valence-electron chi connectivity index (χ2n) is 5.80. The fourth-order valence-electron chi connectivity index (χ4n) is 2.77. The van der Waals surface area contributed by atoms with Crippen LogP contribution in [0.1, 0.15) is 33.1 Å². The van der Waals surface area contributed by atoms with E-state index in [1.807, 2.05) is 0 Å². The van der Waals surface area contributed by atoms with Crippen molar-refractivity contribution in [3.8, 4) is 0 Å². The number of carbonyl (C=O) groups is 1. The van der Waals surface area contributed by atoms with E-state index in [1.54, 1.807) is 18.2 Å². The van der Waals surface area contributed by atoms with Crippen molar-refractivity contribution >= 4 is 40.9 Å². The van der Waals surface area contributed by atoms with Crippen LogP contribution in [0.25, 0.3) is 0 Å². The van der Waals surface area contributed by atoms with Gasteiger partial charge in [0, 0.05) is 16.0 Å². The highest BCUT2D eigenvalue weighted by Gasteiger charge is 2.27. The van der Waals surface area contributed by atoms with Crippen molar-refractivity contribution in [3.05, 3.63) is 28.2 Å². The monoisotopic (exact) mass is 345 g/mol. The van der Waals surface area contributed by atoms with Gasteiger partial charge in [-0.3, -0.25) is 4.79 Å². The molecule has 2 nitrogen and oxygen atoms in total. The lowest BCUT2D eigenvalue weighted by atomic mass is 9.78. The maximum Gasteiger partial charge on any atom is 0.230 e. The minimum absolute atomic E-state index is 0.0713. The lowest BCUT2D eigenvalue weighted by Gasteiger charge is -2.34. The highest BCUT2D eigenvalue weighted by atomic mass is 35.5. The number of amides is 1. The average molecular weight is 346 g/mol. The van der Waals surface area contributed by atoms with Gasteiger partial charge < -0.3 is 5.32 Å². The molecule has 0 aromatic heterocycles. The van der Waals surface area contributed by atoms with Gasteiger partial charge in [0.05, 0.1) is 10.8 Å². The Hall–Kier alpha value is -0.380. The third-order valence-electron chi connectivity index (χ3n) is 4.31. The minimum Gasteiger partial charge on any atom is -0.352 e. The average Bonchev–Trinajstić information content (AvgIpc) is 2.45. The van der Waals surface area contributed by atoms with Crippen LogP contribution in [0.5, 0.6) is 0 Å². The van der Waals surface area contributed by atoms with Crippen LogP contribution in [0.3, 0.4) is 0 Å². The van der Waals surface area contributed by atoms with Gasteiger partial charge in [-0.25, -0.2) is 0 Å². The molecule has 3 atom stereocenters. The zero-order valence-electron chi connectivity index (χ0n) is 12.4. The molecule has 21 heavy (non-hydrogen) atoms. The van der Waals surface area contributed by atoms with Gasteiger partial charge in [0.1, 0.15) is 0 Å². The van der Waals surface area contributed by atoms with E-state index in [2.05, 4.69) is 19.2 Å². The number of rotatable bonds is 4. The molecule has 0 unspecified atom stereocenters. The third kappa shape index (κ3) is 4.80. The quantitative estimate of drug-likeness (QED) is 0.775. The van der Waals surface area contributed by atoms with Gasteiger partial charge in [-0.05, 0) is 36.5 Å². The number of hydrogen-bond acceptors (Lipinski definition) is 2. The predicted molar refractivity (Wildman–Crippen MR) is 91.3 cm³/mol. The Balaban J connectivity index is 1.86. The first-order chi connectivity index (χ1) is 9.97. The molecule has 1 saturated carbocycles. The Morgan fingerprint density at radius 2 is 2.10 bits per heavy atom. The topological polar surface area (TPSA) is 29.1 Å². The first-order valence-electron chi connectivity index (χ1n) is 7.34. The maximum absolute atomic E-state index is 12.1. The number of thioether (sulfide) groups is 1. The summed E-state index contributed by atoms with van der Waals surface area (Å²) in [5.41, 5.74) is 0. The lowest BCUT2D eigenvalue weighted by molar-refractivity contribution is -0.119. The van der Waals surface area contributed by atoms with Crippen molar-refractivity contribution in [2.75, 3.05) is 5.75 Å². The summed E-state index contributed by atoms with van der Waals surface area (Å²) < 4.78 is 0. The molecule has 1 aliphatic carbocycles. The van der Waals surface area contributed by atoms with Gasteiger partial charge in [0.2, 0.25) is 5.91 Å². The molecule has 0 spiro atoms. The van der Waals surface area contributed by atoms with Crippen molar-refractivity contribution in [1.82, 2.24) is 5.32 Å². The lowest BCUT2D eigenvalue weighted by Crippen LogP contribution is -2.44. The number of benzene rings is 1. The first kappa shape index (κ1) is 17.0. The van der Waals surface area contributed by atoms with E-state index in [1.165, 1.54) is 24.6 Å². The summed E-state index contributed by atoms with van der Waals surface area (Å²) in [6.45, 7) is 4.50. The van der Waals surface area contributed by atoms with Crippen LogP contribution in [0.2, 0.25) is 10.0 Å². The molecule has 5 heteroatoms. The van der Waals surface area contributed by atoms with Gasteiger partial charge in [0.15, 0.2) is 0 Å². The van der Waals surface area contributed by atoms with E-state index in [0.29, 0.717) is 33.7 Å². The Labute approximate surface area is 141 Å². The fraction of sp³-hybridized carbons (Fsp3) is 0.562. The second kappa shape index (κ2) is 7.75. The first-order valence-corrected chi connectivity index (χ1v) is 9.08. The molecule has 1 aliphatic rings. The molecule has 1 N–H and O–H groups in total. The van der Waals surface area contributed by atoms with Crippen LogP contribution >= 0.6 is 35.0 Å². The van der Waals surface area contributed by atoms with Crippen molar-refractivity contribution in [1.29, 1.82) is 0 Å². The SMILES string of the molecule is C[C@@H]1[C@H](C)CCC[C@H]1NC(=O)CSc1cc(Cl)ccc1Cl. The van der Waals surface area contributed by atoms with Crippen LogP contribution in [-0.4, -0.2) is 17.7 Å². The molecule has 1 aromatic carbocycles. The molecular weight excluding hydrogens is 325 g/mol. The molecule has 116 valence electrons. The maximum atomic E-state index is 12.1. The van der Waals surface area contributed by atoms with Crippen LogP contribution < -0.4 is 5.32 Å². The van der Waals surface area contributed by atoms with E-state index in [9.17, 15) is 4.79 Å². The van der Waals surface area contributed by atoms with Crippen molar-refractivity contribution in [2.24, 2.45) is 11.8 Å². The molecule has 1 amide bonds. The summed E-state index contributed by atoms with van der Waals surface area (Å²) in [6.07, 6.45) is 3.55. The number of hydrogen-bond donors (Lipinski definition) is 1. The van der Waals surface area contributed by atoms with Crippen LogP contribution in [-0.2, 0) is 4.79 Å². The van der Waals surface area contributed by atoms with Crippen LogP contribution in [0.4, 0.5) is 0 Å². The van der Waals surface area contributed by atoms with E-state index in [-0.39, 0.29) is 5.91 Å². The van der Waals surface area contributed by atoms with Gasteiger partial charge in [-0.2, -0.15) is 0 Å². The second-order valence-corrected chi connectivity index (χ2v) is 7.67. The zero-order valence-corrected chi connectivity index (χ0v) is 14.7. The molecule has 0 heterocycles.